The molecule has 0 bridgehead atoms. The third kappa shape index (κ3) is 5.44. The van der Waals surface area contributed by atoms with E-state index in [1.165, 1.54) is 6.07 Å². The zero-order valence-electron chi connectivity index (χ0n) is 13.4. The van der Waals surface area contributed by atoms with Gasteiger partial charge in [0.2, 0.25) is 0 Å². The Kier molecular flexibility index (Phi) is 6.39. The SMILES string of the molecule is CC(O)CNc1ccc([N+](=O)[O-])c(NCCOc2ccccc2)c1. The number of aliphatic hydroxyl groups is 1. The van der Waals surface area contributed by atoms with Crippen LogP contribution in [0.15, 0.2) is 48.5 Å². The third-order valence-corrected chi connectivity index (χ3v) is 3.22. The lowest BCUT2D eigenvalue weighted by molar-refractivity contribution is -0.383. The van der Waals surface area contributed by atoms with Crippen molar-refractivity contribution in [1.82, 2.24) is 0 Å². The van der Waals surface area contributed by atoms with Crippen LogP contribution in [0, 0.1) is 10.1 Å². The highest BCUT2D eigenvalue weighted by Crippen LogP contribution is 2.27. The number of aliphatic hydroxyl groups excluding tert-OH is 1. The van der Waals surface area contributed by atoms with E-state index in [0.29, 0.717) is 31.1 Å². The predicted octanol–water partition coefficient (Wildman–Crippen LogP) is 2.88. The molecule has 0 saturated carbocycles. The smallest absolute Gasteiger partial charge is 0.292 e. The van der Waals surface area contributed by atoms with E-state index in [-0.39, 0.29) is 5.69 Å². The monoisotopic (exact) mass is 331 g/mol. The van der Waals surface area contributed by atoms with Gasteiger partial charge in [0.15, 0.2) is 0 Å². The Morgan fingerprint density at radius 2 is 1.96 bits per heavy atom. The van der Waals surface area contributed by atoms with Crippen molar-refractivity contribution in [3.8, 4) is 5.75 Å². The molecule has 128 valence electrons. The van der Waals surface area contributed by atoms with Gasteiger partial charge in [-0.1, -0.05) is 18.2 Å². The van der Waals surface area contributed by atoms with Crippen molar-refractivity contribution in [2.24, 2.45) is 0 Å². The fourth-order valence-corrected chi connectivity index (χ4v) is 2.08. The summed E-state index contributed by atoms with van der Waals surface area (Å²) in [6.07, 6.45) is -0.504. The molecule has 3 N–H and O–H groups in total. The Bertz CT molecular complexity index is 662. The summed E-state index contributed by atoms with van der Waals surface area (Å²) in [7, 11) is 0. The highest BCUT2D eigenvalue weighted by Gasteiger charge is 2.14. The zero-order valence-corrected chi connectivity index (χ0v) is 13.4. The molecule has 2 rings (SSSR count). The molecule has 0 amide bonds. The van der Waals surface area contributed by atoms with Gasteiger partial charge < -0.3 is 20.5 Å². The van der Waals surface area contributed by atoms with Crippen molar-refractivity contribution in [2.75, 3.05) is 30.3 Å². The van der Waals surface area contributed by atoms with E-state index in [2.05, 4.69) is 10.6 Å². The van der Waals surface area contributed by atoms with Gasteiger partial charge in [-0.25, -0.2) is 0 Å². The van der Waals surface area contributed by atoms with Crippen LogP contribution < -0.4 is 15.4 Å². The van der Waals surface area contributed by atoms with E-state index in [9.17, 15) is 15.2 Å². The molecule has 1 unspecified atom stereocenters. The Morgan fingerprint density at radius 3 is 2.62 bits per heavy atom. The molecule has 24 heavy (non-hydrogen) atoms. The van der Waals surface area contributed by atoms with E-state index in [1.54, 1.807) is 19.1 Å². The summed E-state index contributed by atoms with van der Waals surface area (Å²) in [6.45, 7) is 2.84. The molecule has 0 heterocycles. The number of nitrogens with one attached hydrogen (secondary N) is 2. The molecule has 0 aliphatic heterocycles. The molecular weight excluding hydrogens is 310 g/mol. The molecule has 0 radical (unpaired) electrons. The number of para-hydroxylation sites is 1. The average molecular weight is 331 g/mol. The number of rotatable bonds is 9. The number of hydrogen-bond donors (Lipinski definition) is 3. The van der Waals surface area contributed by atoms with E-state index in [1.807, 2.05) is 30.3 Å². The molecule has 0 fully saturated rings. The molecule has 0 aromatic heterocycles. The number of anilines is 2. The zero-order chi connectivity index (χ0) is 17.4. The highest BCUT2D eigenvalue weighted by molar-refractivity contribution is 5.68. The second-order valence-electron chi connectivity index (χ2n) is 5.31. The Balaban J connectivity index is 1.95. The van der Waals surface area contributed by atoms with Gasteiger partial charge >= 0.3 is 0 Å². The number of nitro groups is 1. The first-order valence-corrected chi connectivity index (χ1v) is 7.68. The first-order valence-electron chi connectivity index (χ1n) is 7.68. The van der Waals surface area contributed by atoms with Gasteiger partial charge in [0, 0.05) is 24.8 Å². The van der Waals surface area contributed by atoms with Gasteiger partial charge in [-0.15, -0.1) is 0 Å². The normalized spacial score (nSPS) is 11.6. The summed E-state index contributed by atoms with van der Waals surface area (Å²) < 4.78 is 5.56. The van der Waals surface area contributed by atoms with Crippen LogP contribution in [-0.4, -0.2) is 35.8 Å². The van der Waals surface area contributed by atoms with Crippen LogP contribution in [-0.2, 0) is 0 Å². The van der Waals surface area contributed by atoms with Crippen LogP contribution in [0.3, 0.4) is 0 Å². The molecule has 7 nitrogen and oxygen atoms in total. The first-order chi connectivity index (χ1) is 11.6. The molecule has 0 spiro atoms. The number of nitro benzene ring substituents is 1. The van der Waals surface area contributed by atoms with Crippen LogP contribution in [0.5, 0.6) is 5.75 Å². The molecule has 0 saturated heterocycles. The number of hydrogen-bond acceptors (Lipinski definition) is 6. The van der Waals surface area contributed by atoms with Crippen molar-refractivity contribution >= 4 is 17.1 Å². The van der Waals surface area contributed by atoms with Crippen molar-refractivity contribution in [3.05, 3.63) is 58.6 Å². The second kappa shape index (κ2) is 8.73. The summed E-state index contributed by atoms with van der Waals surface area (Å²) in [6, 6.07) is 14.1. The van der Waals surface area contributed by atoms with E-state index in [4.69, 9.17) is 4.74 Å². The maximum Gasteiger partial charge on any atom is 0.292 e. The van der Waals surface area contributed by atoms with Gasteiger partial charge in [0.05, 0.1) is 11.0 Å². The van der Waals surface area contributed by atoms with Crippen molar-refractivity contribution in [2.45, 2.75) is 13.0 Å². The maximum absolute atomic E-state index is 11.1. The van der Waals surface area contributed by atoms with Gasteiger partial charge in [-0.2, -0.15) is 0 Å². The molecule has 2 aromatic rings. The van der Waals surface area contributed by atoms with Crippen molar-refractivity contribution in [1.29, 1.82) is 0 Å². The largest absolute Gasteiger partial charge is 0.492 e. The summed E-state index contributed by atoms with van der Waals surface area (Å²) in [4.78, 5) is 10.7. The fraction of sp³-hybridized carbons (Fsp3) is 0.294. The van der Waals surface area contributed by atoms with Crippen LogP contribution in [0.25, 0.3) is 0 Å². The van der Waals surface area contributed by atoms with E-state index >= 15 is 0 Å². The lowest BCUT2D eigenvalue weighted by Crippen LogP contribution is -2.16. The molecule has 7 heteroatoms. The summed E-state index contributed by atoms with van der Waals surface area (Å²) in [5.74, 6) is 0.751. The Hall–Kier alpha value is -2.80. The van der Waals surface area contributed by atoms with Crippen LogP contribution >= 0.6 is 0 Å². The summed E-state index contributed by atoms with van der Waals surface area (Å²) >= 11 is 0. The standard InChI is InChI=1S/C17H21N3O4/c1-13(21)12-19-14-7-8-17(20(22)23)16(11-14)18-9-10-24-15-5-3-2-4-6-15/h2-8,11,13,18-19,21H,9-10,12H2,1H3. The van der Waals surface area contributed by atoms with Crippen LogP contribution in [0.2, 0.25) is 0 Å². The minimum absolute atomic E-state index is 0.00249. The van der Waals surface area contributed by atoms with Crippen molar-refractivity contribution < 1.29 is 14.8 Å². The lowest BCUT2D eigenvalue weighted by Gasteiger charge is -2.12. The number of nitrogens with zero attached hydrogens (tertiary/aromatic N) is 1. The van der Waals surface area contributed by atoms with Gasteiger partial charge in [0.25, 0.3) is 5.69 Å². The molecule has 2 aromatic carbocycles. The van der Waals surface area contributed by atoms with Gasteiger partial charge in [0.1, 0.15) is 18.0 Å². The van der Waals surface area contributed by atoms with E-state index < -0.39 is 11.0 Å². The van der Waals surface area contributed by atoms with Gasteiger partial charge in [-0.05, 0) is 31.2 Å². The minimum atomic E-state index is -0.504. The fourth-order valence-electron chi connectivity index (χ4n) is 2.08. The molecule has 1 atom stereocenters. The number of benzene rings is 2. The summed E-state index contributed by atoms with van der Waals surface area (Å²) in [5.41, 5.74) is 1.11. The molecular formula is C17H21N3O4. The Morgan fingerprint density at radius 1 is 1.21 bits per heavy atom. The Labute approximate surface area is 140 Å². The quantitative estimate of drug-likeness (QED) is 0.371. The van der Waals surface area contributed by atoms with Crippen molar-refractivity contribution in [3.63, 3.8) is 0 Å². The number of ether oxygens (including phenoxy) is 1. The maximum atomic E-state index is 11.1. The lowest BCUT2D eigenvalue weighted by atomic mass is 10.2. The average Bonchev–Trinajstić information content (AvgIpc) is 2.57. The van der Waals surface area contributed by atoms with E-state index in [0.717, 1.165) is 5.75 Å². The van der Waals surface area contributed by atoms with Crippen LogP contribution in [0.4, 0.5) is 17.1 Å². The third-order valence-electron chi connectivity index (χ3n) is 3.22. The van der Waals surface area contributed by atoms with Gasteiger partial charge in [-0.3, -0.25) is 10.1 Å². The molecule has 0 aliphatic carbocycles. The second-order valence-corrected chi connectivity index (χ2v) is 5.31. The minimum Gasteiger partial charge on any atom is -0.492 e. The molecule has 0 aliphatic rings. The van der Waals surface area contributed by atoms with Crippen LogP contribution in [0.1, 0.15) is 6.92 Å². The first kappa shape index (κ1) is 17.6. The topological polar surface area (TPSA) is 96.7 Å². The predicted molar refractivity (Wildman–Crippen MR) is 93.7 cm³/mol. The summed E-state index contributed by atoms with van der Waals surface area (Å²) in [5, 5.41) is 26.5. The highest BCUT2D eigenvalue weighted by atomic mass is 16.6.